The quantitative estimate of drug-likeness (QED) is 0.523. The van der Waals surface area contributed by atoms with Gasteiger partial charge in [0, 0.05) is 48.6 Å². The number of aromatic amines is 1. The van der Waals surface area contributed by atoms with Crippen molar-refractivity contribution in [1.29, 1.82) is 0 Å². The number of aromatic nitrogens is 1. The Morgan fingerprint density at radius 1 is 1.16 bits per heavy atom. The van der Waals surface area contributed by atoms with E-state index in [2.05, 4.69) is 97.8 Å². The second-order valence-electron chi connectivity index (χ2n) is 11.8. The molecule has 1 aromatic rings. The van der Waals surface area contributed by atoms with Crippen LogP contribution in [0, 0.1) is 17.8 Å². The summed E-state index contributed by atoms with van der Waals surface area (Å²) < 4.78 is 6.19. The summed E-state index contributed by atoms with van der Waals surface area (Å²) in [6, 6.07) is 2.96. The van der Waals surface area contributed by atoms with E-state index in [0.29, 0.717) is 29.7 Å². The number of aliphatic imine (C=N–C) groups is 1. The average Bonchev–Trinajstić information content (AvgIpc) is 3.25. The fourth-order valence-electron chi connectivity index (χ4n) is 6.85. The SMILES string of the molecule is CCc1cc2c([nH]1)C(C)C(NC1=NC(C3=CC(C)C4OCCNC4C3C)CN3C=CC(C)CC=C13)C=C2. The van der Waals surface area contributed by atoms with Crippen LogP contribution in [0.2, 0.25) is 0 Å². The summed E-state index contributed by atoms with van der Waals surface area (Å²) in [6.45, 7) is 14.1. The zero-order valence-electron chi connectivity index (χ0n) is 23.0. The molecule has 37 heavy (non-hydrogen) atoms. The minimum Gasteiger partial charge on any atom is -0.375 e. The Morgan fingerprint density at radius 2 is 2.03 bits per heavy atom. The lowest BCUT2D eigenvalue weighted by molar-refractivity contribution is -0.0409. The van der Waals surface area contributed by atoms with Gasteiger partial charge in [0.1, 0.15) is 5.84 Å². The van der Waals surface area contributed by atoms with Gasteiger partial charge in [0.15, 0.2) is 0 Å². The molecule has 1 fully saturated rings. The van der Waals surface area contributed by atoms with Gasteiger partial charge in [-0.2, -0.15) is 0 Å². The summed E-state index contributed by atoms with van der Waals surface area (Å²) in [5.41, 5.74) is 6.63. The minimum atomic E-state index is 0.121. The first kappa shape index (κ1) is 24.7. The maximum absolute atomic E-state index is 6.19. The molecule has 8 atom stereocenters. The number of allylic oxidation sites excluding steroid dienone is 2. The largest absolute Gasteiger partial charge is 0.375 e. The summed E-state index contributed by atoms with van der Waals surface area (Å²) in [6.07, 6.45) is 16.4. The first-order valence-electron chi connectivity index (χ1n) is 14.4. The molecule has 0 bridgehead atoms. The number of H-pyrrole nitrogens is 1. The van der Waals surface area contributed by atoms with Crippen LogP contribution in [0.3, 0.4) is 0 Å². The molecular formula is C31H43N5O. The van der Waals surface area contributed by atoms with Gasteiger partial charge in [-0.1, -0.05) is 65.0 Å². The molecule has 1 aromatic heterocycles. The van der Waals surface area contributed by atoms with Crippen LogP contribution in [0.25, 0.3) is 6.08 Å². The molecule has 6 nitrogen and oxygen atoms in total. The summed E-state index contributed by atoms with van der Waals surface area (Å²) in [5, 5.41) is 7.66. The van der Waals surface area contributed by atoms with Crippen molar-refractivity contribution in [2.75, 3.05) is 19.7 Å². The Labute approximate surface area is 222 Å². The maximum Gasteiger partial charge on any atom is 0.146 e. The number of fused-ring (bicyclic) bond motifs is 3. The van der Waals surface area contributed by atoms with Crippen molar-refractivity contribution in [1.82, 2.24) is 20.5 Å². The summed E-state index contributed by atoms with van der Waals surface area (Å²) in [5.74, 6) is 2.66. The molecule has 0 radical (unpaired) electrons. The van der Waals surface area contributed by atoms with Crippen LogP contribution in [-0.4, -0.2) is 59.6 Å². The third kappa shape index (κ3) is 4.52. The number of aryl methyl sites for hydroxylation is 1. The summed E-state index contributed by atoms with van der Waals surface area (Å²) in [7, 11) is 0. The molecule has 6 heteroatoms. The lowest BCUT2D eigenvalue weighted by atomic mass is 9.74. The monoisotopic (exact) mass is 501 g/mol. The van der Waals surface area contributed by atoms with E-state index < -0.39 is 0 Å². The molecule has 5 aliphatic rings. The van der Waals surface area contributed by atoms with E-state index in [9.17, 15) is 0 Å². The van der Waals surface area contributed by atoms with E-state index in [-0.39, 0.29) is 18.2 Å². The number of nitrogens with zero attached hydrogens (tertiary/aromatic N) is 2. The maximum atomic E-state index is 6.19. The molecule has 3 aliphatic heterocycles. The fraction of sp³-hybridized carbons (Fsp3) is 0.581. The lowest BCUT2D eigenvalue weighted by Crippen LogP contribution is -2.57. The van der Waals surface area contributed by atoms with Crippen molar-refractivity contribution in [3.8, 4) is 0 Å². The molecule has 0 saturated carbocycles. The first-order chi connectivity index (χ1) is 17.9. The van der Waals surface area contributed by atoms with Gasteiger partial charge in [0.2, 0.25) is 0 Å². The first-order valence-corrected chi connectivity index (χ1v) is 14.4. The highest BCUT2D eigenvalue weighted by molar-refractivity contribution is 5.99. The number of rotatable bonds is 3. The smallest absolute Gasteiger partial charge is 0.146 e. The van der Waals surface area contributed by atoms with E-state index >= 15 is 0 Å². The molecule has 1 saturated heterocycles. The van der Waals surface area contributed by atoms with Crippen LogP contribution in [-0.2, 0) is 11.2 Å². The van der Waals surface area contributed by atoms with Crippen LogP contribution in [0.5, 0.6) is 0 Å². The van der Waals surface area contributed by atoms with Crippen molar-refractivity contribution < 1.29 is 4.74 Å². The van der Waals surface area contributed by atoms with Gasteiger partial charge in [-0.25, -0.2) is 0 Å². The topological polar surface area (TPSA) is 64.7 Å². The molecule has 4 heterocycles. The van der Waals surface area contributed by atoms with Crippen molar-refractivity contribution in [2.24, 2.45) is 22.7 Å². The second kappa shape index (κ2) is 9.95. The van der Waals surface area contributed by atoms with Gasteiger partial charge in [0.25, 0.3) is 0 Å². The number of nitrogens with one attached hydrogen (secondary N) is 3. The molecule has 2 aliphatic carbocycles. The lowest BCUT2D eigenvalue weighted by Gasteiger charge is -2.46. The number of amidine groups is 1. The third-order valence-corrected chi connectivity index (χ3v) is 9.15. The molecule has 6 rings (SSSR count). The van der Waals surface area contributed by atoms with Crippen molar-refractivity contribution in [3.63, 3.8) is 0 Å². The summed E-state index contributed by atoms with van der Waals surface area (Å²) in [4.78, 5) is 11.6. The van der Waals surface area contributed by atoms with Gasteiger partial charge < -0.3 is 25.3 Å². The molecule has 3 N–H and O–H groups in total. The Hall–Kier alpha value is -2.57. The Kier molecular flexibility index (Phi) is 6.66. The zero-order chi connectivity index (χ0) is 25.7. The second-order valence-corrected chi connectivity index (χ2v) is 11.8. The van der Waals surface area contributed by atoms with Crippen LogP contribution in [0.1, 0.15) is 63.9 Å². The molecule has 0 aromatic carbocycles. The van der Waals surface area contributed by atoms with Crippen LogP contribution in [0.4, 0.5) is 0 Å². The fourth-order valence-corrected chi connectivity index (χ4v) is 6.85. The van der Waals surface area contributed by atoms with Crippen LogP contribution < -0.4 is 10.6 Å². The van der Waals surface area contributed by atoms with Gasteiger partial charge >= 0.3 is 0 Å². The van der Waals surface area contributed by atoms with Gasteiger partial charge in [0.05, 0.1) is 30.5 Å². The van der Waals surface area contributed by atoms with Crippen molar-refractivity contribution in [2.45, 2.75) is 77.6 Å². The van der Waals surface area contributed by atoms with E-state index in [0.717, 1.165) is 38.4 Å². The van der Waals surface area contributed by atoms with Gasteiger partial charge in [-0.15, -0.1) is 0 Å². The third-order valence-electron chi connectivity index (χ3n) is 9.15. The van der Waals surface area contributed by atoms with Crippen molar-refractivity contribution >= 4 is 11.9 Å². The minimum absolute atomic E-state index is 0.121. The highest BCUT2D eigenvalue weighted by atomic mass is 16.5. The van der Waals surface area contributed by atoms with E-state index in [1.54, 1.807) is 0 Å². The normalized spacial score (nSPS) is 37.0. The molecule has 8 unspecified atom stereocenters. The average molecular weight is 502 g/mol. The highest BCUT2D eigenvalue weighted by Gasteiger charge is 2.42. The molecule has 0 amide bonds. The van der Waals surface area contributed by atoms with E-state index in [1.165, 1.54) is 28.2 Å². The predicted molar refractivity (Wildman–Crippen MR) is 151 cm³/mol. The molecular weight excluding hydrogens is 458 g/mol. The number of ether oxygens (including phenoxy) is 1. The molecule has 198 valence electrons. The standard InChI is InChI=1S/C31H43N5O/c1-6-23-16-22-8-9-25(21(5)28(22)33-23)34-31-27-10-7-18(2)11-13-36(27)17-26(35-31)24-15-19(3)30-29(20(24)4)32-12-14-37-30/h8-11,13,15-16,18-21,25-26,29-30,32-33H,6-7,12,14,17H2,1-5H3,(H,34,35). The Bertz CT molecular complexity index is 1170. The number of morpholine rings is 1. The predicted octanol–water partition coefficient (Wildman–Crippen LogP) is 4.75. The number of hydrogen-bond donors (Lipinski definition) is 3. The number of hydrogen-bond acceptors (Lipinski definition) is 5. The summed E-state index contributed by atoms with van der Waals surface area (Å²) >= 11 is 0. The van der Waals surface area contributed by atoms with E-state index in [4.69, 9.17) is 9.73 Å². The highest BCUT2D eigenvalue weighted by Crippen LogP contribution is 2.37. The van der Waals surface area contributed by atoms with E-state index in [1.807, 2.05) is 0 Å². The molecule has 0 spiro atoms. The Balaban J connectivity index is 1.33. The van der Waals surface area contributed by atoms with Crippen molar-refractivity contribution in [3.05, 3.63) is 64.8 Å². The van der Waals surface area contributed by atoms with Crippen LogP contribution >= 0.6 is 0 Å². The van der Waals surface area contributed by atoms with Gasteiger partial charge in [-0.3, -0.25) is 4.99 Å². The zero-order valence-corrected chi connectivity index (χ0v) is 23.0. The Morgan fingerprint density at radius 3 is 2.86 bits per heavy atom. The van der Waals surface area contributed by atoms with Crippen LogP contribution in [0.15, 0.2) is 52.8 Å². The van der Waals surface area contributed by atoms with Gasteiger partial charge in [-0.05, 0) is 41.9 Å².